The molecular formula is C8H16O10S. The fourth-order valence-electron chi connectivity index (χ4n) is 0.552. The van der Waals surface area contributed by atoms with Crippen LogP contribution < -0.4 is 0 Å². The molecule has 0 fully saturated rings. The predicted molar refractivity (Wildman–Crippen MR) is 61.2 cm³/mol. The predicted octanol–water partition coefficient (Wildman–Crippen LogP) is 0.154. The van der Waals surface area contributed by atoms with E-state index in [1.807, 2.05) is 0 Å². The Morgan fingerprint density at radius 1 is 0.842 bits per heavy atom. The van der Waals surface area contributed by atoms with Crippen molar-refractivity contribution in [1.82, 2.24) is 0 Å². The Morgan fingerprint density at radius 3 is 1.11 bits per heavy atom. The molecule has 0 saturated heterocycles. The van der Waals surface area contributed by atoms with Crippen molar-refractivity contribution in [2.24, 2.45) is 0 Å². The second-order valence-electron chi connectivity index (χ2n) is 2.96. The average molecular weight is 304 g/mol. The molecule has 0 unspecified atom stereocenters. The van der Waals surface area contributed by atoms with Crippen molar-refractivity contribution in [1.29, 1.82) is 0 Å². The molecule has 0 heterocycles. The third-order valence-electron chi connectivity index (χ3n) is 1.03. The summed E-state index contributed by atoms with van der Waals surface area (Å²) in [7, 11) is -4.67. The topological polar surface area (TPSA) is 186 Å². The molecule has 19 heavy (non-hydrogen) atoms. The Labute approximate surface area is 109 Å². The van der Waals surface area contributed by atoms with Crippen LogP contribution in [0.1, 0.15) is 32.6 Å². The molecule has 0 saturated carbocycles. The molecule has 114 valence electrons. The van der Waals surface area contributed by atoms with Gasteiger partial charge in [-0.25, -0.2) is 0 Å². The van der Waals surface area contributed by atoms with Crippen molar-refractivity contribution in [2.75, 3.05) is 0 Å². The standard InChI is InChI=1S/C6H10O4.C2H4O2.H2O4S/c7-5(8)3-1-2-4-6(9)10;1-2(3)4;1-5(2,3)4/h1-4H2,(H,7,8)(H,9,10);1H3,(H,3,4);(H2,1,2,3,4). The van der Waals surface area contributed by atoms with Gasteiger partial charge in [-0.2, -0.15) is 8.42 Å². The SMILES string of the molecule is CC(=O)O.O=C(O)CCCCC(=O)O.O=S(=O)(O)O. The summed E-state index contributed by atoms with van der Waals surface area (Å²) >= 11 is 0. The zero-order valence-electron chi connectivity index (χ0n) is 10.0. The van der Waals surface area contributed by atoms with Crippen molar-refractivity contribution in [3.63, 3.8) is 0 Å². The third-order valence-corrected chi connectivity index (χ3v) is 1.03. The highest BCUT2D eigenvalue weighted by Crippen LogP contribution is 1.98. The van der Waals surface area contributed by atoms with Gasteiger partial charge in [-0.1, -0.05) is 0 Å². The molecule has 0 atom stereocenters. The van der Waals surface area contributed by atoms with Crippen LogP contribution in [-0.4, -0.2) is 50.8 Å². The number of carbonyl (C=O) groups is 3. The Bertz CT molecular complexity index is 343. The van der Waals surface area contributed by atoms with E-state index >= 15 is 0 Å². The van der Waals surface area contributed by atoms with Crippen LogP contribution in [0.3, 0.4) is 0 Å². The van der Waals surface area contributed by atoms with Gasteiger partial charge in [-0.3, -0.25) is 23.5 Å². The quantitative estimate of drug-likeness (QED) is 0.345. The van der Waals surface area contributed by atoms with Crippen molar-refractivity contribution in [2.45, 2.75) is 32.6 Å². The van der Waals surface area contributed by atoms with Gasteiger partial charge < -0.3 is 15.3 Å². The van der Waals surface area contributed by atoms with Crippen LogP contribution in [0.25, 0.3) is 0 Å². The highest BCUT2D eigenvalue weighted by molar-refractivity contribution is 7.79. The second-order valence-corrected chi connectivity index (χ2v) is 3.86. The molecule has 0 aromatic carbocycles. The van der Waals surface area contributed by atoms with Gasteiger partial charge in [0.15, 0.2) is 0 Å². The summed E-state index contributed by atoms with van der Waals surface area (Å²) in [6, 6.07) is 0. The lowest BCUT2D eigenvalue weighted by Gasteiger charge is -1.92. The van der Waals surface area contributed by atoms with Crippen molar-refractivity contribution < 1.29 is 47.2 Å². The maximum atomic E-state index is 9.90. The number of hydrogen-bond acceptors (Lipinski definition) is 5. The summed E-state index contributed by atoms with van der Waals surface area (Å²) in [5.41, 5.74) is 0. The van der Waals surface area contributed by atoms with E-state index in [4.69, 9.17) is 37.6 Å². The van der Waals surface area contributed by atoms with Gasteiger partial charge in [0.2, 0.25) is 0 Å². The van der Waals surface area contributed by atoms with E-state index in [0.29, 0.717) is 12.8 Å². The molecule has 0 aromatic heterocycles. The van der Waals surface area contributed by atoms with E-state index < -0.39 is 28.3 Å². The first-order chi connectivity index (χ1) is 8.36. The lowest BCUT2D eigenvalue weighted by molar-refractivity contribution is -0.139. The molecule has 0 radical (unpaired) electrons. The van der Waals surface area contributed by atoms with E-state index in [1.165, 1.54) is 0 Å². The Balaban J connectivity index is -0.000000238. The smallest absolute Gasteiger partial charge is 0.394 e. The number of carboxylic acid groups (broad SMARTS) is 3. The van der Waals surface area contributed by atoms with E-state index in [-0.39, 0.29) is 12.8 Å². The largest absolute Gasteiger partial charge is 0.481 e. The van der Waals surface area contributed by atoms with E-state index in [2.05, 4.69) is 0 Å². The lowest BCUT2D eigenvalue weighted by Crippen LogP contribution is -1.97. The third kappa shape index (κ3) is 119. The Morgan fingerprint density at radius 2 is 1.00 bits per heavy atom. The zero-order chi connectivity index (χ0) is 16.1. The summed E-state index contributed by atoms with van der Waals surface area (Å²) in [4.78, 5) is 28.8. The molecule has 0 aliphatic rings. The van der Waals surface area contributed by atoms with E-state index in [0.717, 1.165) is 6.92 Å². The highest BCUT2D eigenvalue weighted by Gasteiger charge is 1.99. The van der Waals surface area contributed by atoms with Gasteiger partial charge in [0, 0.05) is 19.8 Å². The molecule has 0 rings (SSSR count). The van der Waals surface area contributed by atoms with Gasteiger partial charge in [-0.05, 0) is 12.8 Å². The fraction of sp³-hybridized carbons (Fsp3) is 0.625. The van der Waals surface area contributed by atoms with Gasteiger partial charge in [0.25, 0.3) is 5.97 Å². The minimum Gasteiger partial charge on any atom is -0.481 e. The van der Waals surface area contributed by atoms with Crippen LogP contribution in [-0.2, 0) is 24.8 Å². The molecule has 10 nitrogen and oxygen atoms in total. The second kappa shape index (κ2) is 12.7. The molecule has 0 bridgehead atoms. The van der Waals surface area contributed by atoms with Crippen LogP contribution in [0.15, 0.2) is 0 Å². The molecule has 0 aliphatic carbocycles. The van der Waals surface area contributed by atoms with Gasteiger partial charge in [-0.15, -0.1) is 0 Å². The summed E-state index contributed by atoms with van der Waals surface area (Å²) in [6.45, 7) is 1.08. The monoisotopic (exact) mass is 304 g/mol. The number of carboxylic acids is 3. The van der Waals surface area contributed by atoms with Crippen LogP contribution in [0.5, 0.6) is 0 Å². The first-order valence-corrected chi connectivity index (χ1v) is 6.09. The summed E-state index contributed by atoms with van der Waals surface area (Å²) in [5.74, 6) is -2.57. The average Bonchev–Trinajstić information content (AvgIpc) is 2.08. The van der Waals surface area contributed by atoms with Crippen molar-refractivity contribution in [3.05, 3.63) is 0 Å². The van der Waals surface area contributed by atoms with Crippen molar-refractivity contribution >= 4 is 28.3 Å². The maximum Gasteiger partial charge on any atom is 0.394 e. The van der Waals surface area contributed by atoms with E-state index in [1.54, 1.807) is 0 Å². The summed E-state index contributed by atoms with van der Waals surface area (Å²) < 4.78 is 31.6. The number of unbranched alkanes of at least 4 members (excludes halogenated alkanes) is 1. The molecule has 0 amide bonds. The number of hydrogen-bond donors (Lipinski definition) is 5. The minimum absolute atomic E-state index is 0.0628. The minimum atomic E-state index is -4.67. The molecule has 11 heteroatoms. The van der Waals surface area contributed by atoms with Gasteiger partial charge >= 0.3 is 22.3 Å². The first-order valence-electron chi connectivity index (χ1n) is 4.69. The van der Waals surface area contributed by atoms with Crippen LogP contribution >= 0.6 is 0 Å². The van der Waals surface area contributed by atoms with Crippen LogP contribution in [0.2, 0.25) is 0 Å². The first kappa shape index (κ1) is 22.5. The van der Waals surface area contributed by atoms with E-state index in [9.17, 15) is 9.59 Å². The maximum absolute atomic E-state index is 9.90. The fourth-order valence-corrected chi connectivity index (χ4v) is 0.552. The highest BCUT2D eigenvalue weighted by atomic mass is 32.3. The Hall–Kier alpha value is -1.72. The van der Waals surface area contributed by atoms with Gasteiger partial charge in [0.05, 0.1) is 0 Å². The molecule has 5 N–H and O–H groups in total. The molecule has 0 spiro atoms. The normalized spacial score (nSPS) is 9.21. The number of rotatable bonds is 5. The zero-order valence-corrected chi connectivity index (χ0v) is 10.8. The summed E-state index contributed by atoms with van der Waals surface area (Å²) in [5, 5.41) is 23.7. The molecule has 0 aliphatic heterocycles. The molecule has 0 aromatic rings. The Kier molecular flexibility index (Phi) is 15.0. The molecular weight excluding hydrogens is 288 g/mol. The van der Waals surface area contributed by atoms with Crippen LogP contribution in [0.4, 0.5) is 0 Å². The van der Waals surface area contributed by atoms with Gasteiger partial charge in [0.1, 0.15) is 0 Å². The van der Waals surface area contributed by atoms with Crippen LogP contribution in [0, 0.1) is 0 Å². The van der Waals surface area contributed by atoms with Crippen molar-refractivity contribution in [3.8, 4) is 0 Å². The number of aliphatic carboxylic acids is 3. The lowest BCUT2D eigenvalue weighted by atomic mass is 10.2. The summed E-state index contributed by atoms with van der Waals surface area (Å²) in [6.07, 6.45) is 1.02.